The monoisotopic (exact) mass is 251 g/mol. The lowest BCUT2D eigenvalue weighted by Gasteiger charge is -2.31. The van der Waals surface area contributed by atoms with Crippen molar-refractivity contribution >= 4 is 6.03 Å². The number of nitrogens with zero attached hydrogens (tertiary/aromatic N) is 2. The third-order valence-corrected chi connectivity index (χ3v) is 3.31. The summed E-state index contributed by atoms with van der Waals surface area (Å²) in [7, 11) is 0. The zero-order valence-electron chi connectivity index (χ0n) is 9.46. The van der Waals surface area contributed by atoms with Gasteiger partial charge in [-0.3, -0.25) is 0 Å². The SMILES string of the molecule is O=C(N1CCNCC1)N1CCC(C(F)(F)F)C1. The Hall–Kier alpha value is -0.980. The Bertz CT molecular complexity index is 289. The fraction of sp³-hybridized carbons (Fsp3) is 0.900. The summed E-state index contributed by atoms with van der Waals surface area (Å²) in [5, 5.41) is 3.10. The Balaban J connectivity index is 1.89. The van der Waals surface area contributed by atoms with Crippen LogP contribution in [0.3, 0.4) is 0 Å². The van der Waals surface area contributed by atoms with E-state index in [1.807, 2.05) is 0 Å². The van der Waals surface area contributed by atoms with Gasteiger partial charge in [-0.1, -0.05) is 0 Å². The van der Waals surface area contributed by atoms with Crippen LogP contribution >= 0.6 is 0 Å². The number of urea groups is 1. The maximum atomic E-state index is 12.5. The van der Waals surface area contributed by atoms with Gasteiger partial charge in [0.15, 0.2) is 0 Å². The van der Waals surface area contributed by atoms with E-state index in [0.29, 0.717) is 26.2 Å². The highest BCUT2D eigenvalue weighted by Crippen LogP contribution is 2.33. The third kappa shape index (κ3) is 2.83. The normalized spacial score (nSPS) is 26.4. The number of alkyl halides is 3. The first kappa shape index (κ1) is 12.5. The lowest BCUT2D eigenvalue weighted by Crippen LogP contribution is -2.51. The molecule has 1 unspecified atom stereocenters. The highest BCUT2D eigenvalue weighted by Gasteiger charge is 2.45. The second-order valence-electron chi connectivity index (χ2n) is 4.49. The molecule has 2 heterocycles. The number of amides is 2. The third-order valence-electron chi connectivity index (χ3n) is 3.31. The lowest BCUT2D eigenvalue weighted by atomic mass is 10.1. The van der Waals surface area contributed by atoms with E-state index in [4.69, 9.17) is 0 Å². The standard InChI is InChI=1S/C10H16F3N3O/c11-10(12,13)8-1-4-16(7-8)9(17)15-5-2-14-3-6-15/h8,14H,1-7H2. The summed E-state index contributed by atoms with van der Waals surface area (Å²) in [6.45, 7) is 2.60. The molecule has 0 bridgehead atoms. The van der Waals surface area contributed by atoms with Crippen molar-refractivity contribution in [1.82, 2.24) is 15.1 Å². The van der Waals surface area contributed by atoms with E-state index in [9.17, 15) is 18.0 Å². The maximum absolute atomic E-state index is 12.5. The van der Waals surface area contributed by atoms with Gasteiger partial charge in [0.25, 0.3) is 0 Å². The predicted molar refractivity (Wildman–Crippen MR) is 55.6 cm³/mol. The molecule has 2 aliphatic rings. The van der Waals surface area contributed by atoms with Crippen LogP contribution in [0, 0.1) is 5.92 Å². The maximum Gasteiger partial charge on any atom is 0.393 e. The molecule has 0 aromatic rings. The van der Waals surface area contributed by atoms with E-state index in [1.54, 1.807) is 4.90 Å². The van der Waals surface area contributed by atoms with Crippen molar-refractivity contribution in [2.75, 3.05) is 39.3 Å². The van der Waals surface area contributed by atoms with Crippen molar-refractivity contribution in [1.29, 1.82) is 0 Å². The van der Waals surface area contributed by atoms with Crippen molar-refractivity contribution in [3.63, 3.8) is 0 Å². The molecule has 0 saturated carbocycles. The molecule has 0 aromatic heterocycles. The van der Waals surface area contributed by atoms with Crippen LogP contribution in [0.25, 0.3) is 0 Å². The Morgan fingerprint density at radius 1 is 1.12 bits per heavy atom. The fourth-order valence-electron chi connectivity index (χ4n) is 2.26. The second-order valence-corrected chi connectivity index (χ2v) is 4.49. The predicted octanol–water partition coefficient (Wildman–Crippen LogP) is 0.896. The molecule has 1 atom stereocenters. The number of nitrogens with one attached hydrogen (secondary N) is 1. The van der Waals surface area contributed by atoms with Gasteiger partial charge >= 0.3 is 12.2 Å². The first-order chi connectivity index (χ1) is 7.98. The number of piperazine rings is 1. The van der Waals surface area contributed by atoms with Crippen LogP contribution in [-0.2, 0) is 0 Å². The van der Waals surface area contributed by atoms with Gasteiger partial charge in [0.2, 0.25) is 0 Å². The zero-order valence-corrected chi connectivity index (χ0v) is 9.46. The van der Waals surface area contributed by atoms with Gasteiger partial charge in [-0.25, -0.2) is 4.79 Å². The second kappa shape index (κ2) is 4.72. The van der Waals surface area contributed by atoms with Crippen LogP contribution < -0.4 is 5.32 Å². The highest BCUT2D eigenvalue weighted by molar-refractivity contribution is 5.74. The summed E-state index contributed by atoms with van der Waals surface area (Å²) in [4.78, 5) is 14.9. The number of carbonyl (C=O) groups is 1. The minimum absolute atomic E-state index is 0.0291. The average Bonchev–Trinajstić information content (AvgIpc) is 2.78. The first-order valence-corrected chi connectivity index (χ1v) is 5.80. The minimum atomic E-state index is -4.18. The van der Waals surface area contributed by atoms with Crippen LogP contribution in [-0.4, -0.2) is 61.3 Å². The summed E-state index contributed by atoms with van der Waals surface area (Å²) in [5.41, 5.74) is 0. The van der Waals surface area contributed by atoms with E-state index in [1.165, 1.54) is 4.90 Å². The number of carbonyl (C=O) groups excluding carboxylic acids is 1. The summed E-state index contributed by atoms with van der Waals surface area (Å²) < 4.78 is 37.4. The number of hydrogen-bond acceptors (Lipinski definition) is 2. The smallest absolute Gasteiger partial charge is 0.324 e. The zero-order chi connectivity index (χ0) is 12.5. The van der Waals surface area contributed by atoms with E-state index in [0.717, 1.165) is 0 Å². The average molecular weight is 251 g/mol. The van der Waals surface area contributed by atoms with Gasteiger partial charge in [0, 0.05) is 39.3 Å². The van der Waals surface area contributed by atoms with Crippen molar-refractivity contribution in [3.8, 4) is 0 Å². The van der Waals surface area contributed by atoms with Crippen LogP contribution in [0.4, 0.5) is 18.0 Å². The molecule has 7 heteroatoms. The van der Waals surface area contributed by atoms with E-state index >= 15 is 0 Å². The molecular formula is C10H16F3N3O. The molecule has 2 fully saturated rings. The summed E-state index contributed by atoms with van der Waals surface area (Å²) in [6, 6.07) is -0.252. The molecule has 2 saturated heterocycles. The van der Waals surface area contributed by atoms with Crippen molar-refractivity contribution in [2.45, 2.75) is 12.6 Å². The van der Waals surface area contributed by atoms with Gasteiger partial charge in [-0.2, -0.15) is 13.2 Å². The molecule has 0 aromatic carbocycles. The van der Waals surface area contributed by atoms with E-state index in [2.05, 4.69) is 5.32 Å². The molecule has 2 aliphatic heterocycles. The van der Waals surface area contributed by atoms with Gasteiger partial charge in [-0.15, -0.1) is 0 Å². The lowest BCUT2D eigenvalue weighted by molar-refractivity contribution is -0.170. The van der Waals surface area contributed by atoms with E-state index < -0.39 is 12.1 Å². The van der Waals surface area contributed by atoms with Gasteiger partial charge in [0.05, 0.1) is 5.92 Å². The summed E-state index contributed by atoms with van der Waals surface area (Å²) >= 11 is 0. The van der Waals surface area contributed by atoms with E-state index in [-0.39, 0.29) is 25.5 Å². The molecular weight excluding hydrogens is 235 g/mol. The Morgan fingerprint density at radius 2 is 1.76 bits per heavy atom. The Morgan fingerprint density at radius 3 is 2.29 bits per heavy atom. The molecule has 98 valence electrons. The fourth-order valence-corrected chi connectivity index (χ4v) is 2.26. The molecule has 1 N–H and O–H groups in total. The molecule has 17 heavy (non-hydrogen) atoms. The molecule has 2 amide bonds. The van der Waals surface area contributed by atoms with Gasteiger partial charge < -0.3 is 15.1 Å². The Kier molecular flexibility index (Phi) is 3.46. The van der Waals surface area contributed by atoms with Crippen LogP contribution in [0.1, 0.15) is 6.42 Å². The van der Waals surface area contributed by atoms with Crippen LogP contribution in [0.15, 0.2) is 0 Å². The highest BCUT2D eigenvalue weighted by atomic mass is 19.4. The molecule has 2 rings (SSSR count). The van der Waals surface area contributed by atoms with Crippen molar-refractivity contribution < 1.29 is 18.0 Å². The number of likely N-dealkylation sites (tertiary alicyclic amines) is 1. The number of rotatable bonds is 0. The van der Waals surface area contributed by atoms with Crippen LogP contribution in [0.5, 0.6) is 0 Å². The number of hydrogen-bond donors (Lipinski definition) is 1. The quantitative estimate of drug-likeness (QED) is 0.694. The minimum Gasteiger partial charge on any atom is -0.324 e. The molecule has 0 radical (unpaired) electrons. The van der Waals surface area contributed by atoms with Gasteiger partial charge in [-0.05, 0) is 6.42 Å². The molecule has 4 nitrogen and oxygen atoms in total. The van der Waals surface area contributed by atoms with Gasteiger partial charge in [0.1, 0.15) is 0 Å². The van der Waals surface area contributed by atoms with Crippen LogP contribution in [0.2, 0.25) is 0 Å². The van der Waals surface area contributed by atoms with Crippen molar-refractivity contribution in [3.05, 3.63) is 0 Å². The summed E-state index contributed by atoms with van der Waals surface area (Å²) in [6.07, 6.45) is -4.15. The molecule has 0 aliphatic carbocycles. The van der Waals surface area contributed by atoms with Crippen molar-refractivity contribution in [2.24, 2.45) is 5.92 Å². The summed E-state index contributed by atoms with van der Waals surface area (Å²) in [5.74, 6) is -1.35. The molecule has 0 spiro atoms. The Labute approximate surface area is 97.7 Å². The first-order valence-electron chi connectivity index (χ1n) is 5.80. The topological polar surface area (TPSA) is 35.6 Å². The largest absolute Gasteiger partial charge is 0.393 e. The number of halogens is 3.